The lowest BCUT2D eigenvalue weighted by Crippen LogP contribution is -2.24. The van der Waals surface area contributed by atoms with Crippen molar-refractivity contribution in [3.8, 4) is 11.3 Å². The largest absolute Gasteiger partial charge is 0.385 e. The molecule has 6 heteroatoms. The van der Waals surface area contributed by atoms with E-state index in [0.717, 1.165) is 11.3 Å². The zero-order valence-electron chi connectivity index (χ0n) is 13.1. The minimum atomic E-state index is -0.939. The number of aromatic nitrogens is 2. The summed E-state index contributed by atoms with van der Waals surface area (Å²) in [7, 11) is 0. The Labute approximate surface area is 139 Å². The van der Waals surface area contributed by atoms with E-state index in [9.17, 15) is 9.90 Å². The molecule has 0 aliphatic carbocycles. The number of aliphatic hydroxyl groups is 1. The minimum Gasteiger partial charge on any atom is -0.385 e. The van der Waals surface area contributed by atoms with Gasteiger partial charge in [0.05, 0.1) is 12.2 Å². The number of benzene rings is 1. The summed E-state index contributed by atoms with van der Waals surface area (Å²) in [5.74, 6) is -0.218. The first-order valence-electron chi connectivity index (χ1n) is 7.58. The summed E-state index contributed by atoms with van der Waals surface area (Å²) in [5.41, 5.74) is 2.13. The molecule has 0 bridgehead atoms. The number of hydrogen-bond donors (Lipinski definition) is 2. The molecule has 0 spiro atoms. The molecule has 0 saturated carbocycles. The molecule has 6 nitrogen and oxygen atoms in total. The van der Waals surface area contributed by atoms with Crippen molar-refractivity contribution < 1.29 is 14.4 Å². The Bertz CT molecular complexity index is 814. The van der Waals surface area contributed by atoms with E-state index in [-0.39, 0.29) is 23.8 Å². The molecule has 2 heterocycles. The van der Waals surface area contributed by atoms with Crippen LogP contribution in [0.15, 0.2) is 59.3 Å². The van der Waals surface area contributed by atoms with E-state index in [1.54, 1.807) is 6.20 Å². The molecule has 1 amide bonds. The third-order valence-electron chi connectivity index (χ3n) is 3.53. The maximum Gasteiger partial charge on any atom is 0.257 e. The molecule has 0 aliphatic heterocycles. The van der Waals surface area contributed by atoms with E-state index < -0.39 is 6.10 Å². The van der Waals surface area contributed by atoms with Gasteiger partial charge in [0, 0.05) is 11.8 Å². The molecule has 0 radical (unpaired) electrons. The van der Waals surface area contributed by atoms with Crippen molar-refractivity contribution in [1.82, 2.24) is 15.5 Å². The van der Waals surface area contributed by atoms with Gasteiger partial charge in [-0.05, 0) is 19.1 Å². The number of carbonyl (C=O) groups excluding carboxylic acids is 1. The summed E-state index contributed by atoms with van der Waals surface area (Å²) >= 11 is 0. The Balaban J connectivity index is 1.90. The van der Waals surface area contributed by atoms with Gasteiger partial charge in [0.15, 0.2) is 5.76 Å². The molecular formula is C18H17N3O3. The smallest absolute Gasteiger partial charge is 0.257 e. The number of aliphatic hydroxyl groups excluding tert-OH is 1. The van der Waals surface area contributed by atoms with Gasteiger partial charge in [0.2, 0.25) is 0 Å². The Hall–Kier alpha value is -2.99. The molecule has 1 unspecified atom stereocenters. The van der Waals surface area contributed by atoms with Crippen LogP contribution in [0.25, 0.3) is 11.3 Å². The fraction of sp³-hybridized carbons (Fsp3) is 0.167. The van der Waals surface area contributed by atoms with Crippen LogP contribution in [0.1, 0.15) is 34.8 Å². The van der Waals surface area contributed by atoms with E-state index in [0.29, 0.717) is 5.69 Å². The summed E-state index contributed by atoms with van der Waals surface area (Å²) < 4.78 is 5.21. The minimum absolute atomic E-state index is 0.146. The van der Waals surface area contributed by atoms with Gasteiger partial charge in [0.25, 0.3) is 5.91 Å². The van der Waals surface area contributed by atoms with Crippen LogP contribution in [0.3, 0.4) is 0 Å². The van der Waals surface area contributed by atoms with Gasteiger partial charge in [-0.15, -0.1) is 0 Å². The molecule has 3 rings (SSSR count). The summed E-state index contributed by atoms with van der Waals surface area (Å²) in [6.07, 6.45) is 0.725. The van der Waals surface area contributed by atoms with Crippen molar-refractivity contribution in [2.24, 2.45) is 0 Å². The molecule has 0 saturated heterocycles. The van der Waals surface area contributed by atoms with E-state index in [2.05, 4.69) is 15.5 Å². The van der Waals surface area contributed by atoms with Crippen LogP contribution in [0.5, 0.6) is 0 Å². The first-order chi connectivity index (χ1) is 11.7. The number of amides is 1. The highest BCUT2D eigenvalue weighted by Gasteiger charge is 2.26. The highest BCUT2D eigenvalue weighted by atomic mass is 16.5. The SMILES string of the molecule is CC(O)c1onc(-c2ccccc2)c1C(=O)NCc1ccccn1. The van der Waals surface area contributed by atoms with Crippen molar-refractivity contribution in [1.29, 1.82) is 0 Å². The average Bonchev–Trinajstić information content (AvgIpc) is 3.07. The van der Waals surface area contributed by atoms with Gasteiger partial charge < -0.3 is 14.9 Å². The highest BCUT2D eigenvalue weighted by molar-refractivity contribution is 6.00. The quantitative estimate of drug-likeness (QED) is 0.753. The zero-order valence-corrected chi connectivity index (χ0v) is 13.1. The Morgan fingerprint density at radius 3 is 2.62 bits per heavy atom. The molecular weight excluding hydrogens is 306 g/mol. The predicted octanol–water partition coefficient (Wildman–Crippen LogP) is 2.72. The maximum atomic E-state index is 12.6. The van der Waals surface area contributed by atoms with Crippen molar-refractivity contribution in [2.75, 3.05) is 0 Å². The number of nitrogens with one attached hydrogen (secondary N) is 1. The van der Waals surface area contributed by atoms with Crippen LogP contribution < -0.4 is 5.32 Å². The molecule has 3 aromatic rings. The van der Waals surface area contributed by atoms with E-state index in [4.69, 9.17) is 4.52 Å². The van der Waals surface area contributed by atoms with Gasteiger partial charge in [0.1, 0.15) is 17.4 Å². The van der Waals surface area contributed by atoms with E-state index in [1.165, 1.54) is 6.92 Å². The fourth-order valence-electron chi connectivity index (χ4n) is 2.36. The normalized spacial score (nSPS) is 11.9. The topological polar surface area (TPSA) is 88.2 Å². The van der Waals surface area contributed by atoms with Crippen molar-refractivity contribution >= 4 is 5.91 Å². The fourth-order valence-corrected chi connectivity index (χ4v) is 2.36. The Morgan fingerprint density at radius 1 is 1.21 bits per heavy atom. The lowest BCUT2D eigenvalue weighted by atomic mass is 10.0. The van der Waals surface area contributed by atoms with Gasteiger partial charge in [-0.1, -0.05) is 41.6 Å². The first-order valence-corrected chi connectivity index (χ1v) is 7.58. The van der Waals surface area contributed by atoms with Gasteiger partial charge in [-0.3, -0.25) is 9.78 Å². The maximum absolute atomic E-state index is 12.6. The Kier molecular flexibility index (Phi) is 4.67. The highest BCUT2D eigenvalue weighted by Crippen LogP contribution is 2.28. The molecule has 24 heavy (non-hydrogen) atoms. The van der Waals surface area contributed by atoms with Crippen LogP contribution in [0, 0.1) is 0 Å². The van der Waals surface area contributed by atoms with Crippen LogP contribution in [0.2, 0.25) is 0 Å². The second-order valence-electron chi connectivity index (χ2n) is 5.32. The zero-order chi connectivity index (χ0) is 16.9. The number of rotatable bonds is 5. The van der Waals surface area contributed by atoms with Crippen molar-refractivity contribution in [3.05, 3.63) is 71.7 Å². The summed E-state index contributed by atoms with van der Waals surface area (Å²) in [6.45, 7) is 1.81. The number of carbonyl (C=O) groups is 1. The van der Waals surface area contributed by atoms with Crippen LogP contribution in [-0.2, 0) is 6.54 Å². The van der Waals surface area contributed by atoms with Gasteiger partial charge in [-0.25, -0.2) is 0 Å². The molecule has 0 fully saturated rings. The standard InChI is InChI=1S/C18H17N3O3/c1-12(22)17-15(16(21-24-17)13-7-3-2-4-8-13)18(23)20-11-14-9-5-6-10-19-14/h2-10,12,22H,11H2,1H3,(H,20,23). The lowest BCUT2D eigenvalue weighted by Gasteiger charge is -2.07. The van der Waals surface area contributed by atoms with Gasteiger partial charge >= 0.3 is 0 Å². The number of nitrogens with zero attached hydrogens (tertiary/aromatic N) is 2. The second-order valence-corrected chi connectivity index (χ2v) is 5.32. The average molecular weight is 323 g/mol. The first kappa shape index (κ1) is 15.9. The molecule has 1 atom stereocenters. The van der Waals surface area contributed by atoms with E-state index in [1.807, 2.05) is 48.5 Å². The predicted molar refractivity (Wildman–Crippen MR) is 88.0 cm³/mol. The molecule has 1 aromatic carbocycles. The summed E-state index contributed by atoms with van der Waals surface area (Å²) in [6, 6.07) is 14.7. The third-order valence-corrected chi connectivity index (χ3v) is 3.53. The number of hydrogen-bond acceptors (Lipinski definition) is 5. The van der Waals surface area contributed by atoms with Crippen LogP contribution >= 0.6 is 0 Å². The van der Waals surface area contributed by atoms with Crippen LogP contribution in [0.4, 0.5) is 0 Å². The molecule has 122 valence electrons. The van der Waals surface area contributed by atoms with Gasteiger partial charge in [-0.2, -0.15) is 0 Å². The second kappa shape index (κ2) is 7.06. The van der Waals surface area contributed by atoms with Crippen molar-refractivity contribution in [3.63, 3.8) is 0 Å². The van der Waals surface area contributed by atoms with Crippen LogP contribution in [-0.4, -0.2) is 21.2 Å². The number of pyridine rings is 1. The summed E-state index contributed by atoms with van der Waals surface area (Å²) in [5, 5.41) is 16.6. The molecule has 2 N–H and O–H groups in total. The molecule has 2 aromatic heterocycles. The summed E-state index contributed by atoms with van der Waals surface area (Å²) in [4.78, 5) is 16.8. The lowest BCUT2D eigenvalue weighted by molar-refractivity contribution is 0.0937. The van der Waals surface area contributed by atoms with E-state index >= 15 is 0 Å². The third kappa shape index (κ3) is 3.33. The Morgan fingerprint density at radius 2 is 1.96 bits per heavy atom. The van der Waals surface area contributed by atoms with Crippen molar-refractivity contribution in [2.45, 2.75) is 19.6 Å². The monoisotopic (exact) mass is 323 g/mol. The molecule has 0 aliphatic rings.